The molecule has 0 atom stereocenters. The SMILES string of the molecule is COC(=O)NCc1cc(C(=O)n2c(C)c(CCN)c3ccccc32)ccn1. The van der Waals surface area contributed by atoms with E-state index in [9.17, 15) is 9.59 Å². The molecule has 3 N–H and O–H groups in total. The summed E-state index contributed by atoms with van der Waals surface area (Å²) < 4.78 is 6.26. The topological polar surface area (TPSA) is 99.2 Å². The number of nitrogens with two attached hydrogens (primary N) is 1. The maximum absolute atomic E-state index is 13.2. The summed E-state index contributed by atoms with van der Waals surface area (Å²) in [4.78, 5) is 28.7. The minimum absolute atomic E-state index is 0.145. The van der Waals surface area contributed by atoms with Crippen molar-refractivity contribution in [3.8, 4) is 0 Å². The molecule has 0 saturated heterocycles. The number of carbonyl (C=O) groups excluding carboxylic acids is 2. The van der Waals surface area contributed by atoms with Gasteiger partial charge in [0.05, 0.1) is 24.9 Å². The molecule has 0 aliphatic rings. The summed E-state index contributed by atoms with van der Waals surface area (Å²) in [6.07, 6.45) is 1.72. The number of nitrogens with zero attached hydrogens (tertiary/aromatic N) is 2. The van der Waals surface area contributed by atoms with Gasteiger partial charge in [-0.15, -0.1) is 0 Å². The van der Waals surface area contributed by atoms with Crippen molar-refractivity contribution in [2.24, 2.45) is 5.73 Å². The van der Waals surface area contributed by atoms with Crippen molar-refractivity contribution in [1.82, 2.24) is 14.9 Å². The van der Waals surface area contributed by atoms with Crippen molar-refractivity contribution in [3.63, 3.8) is 0 Å². The summed E-state index contributed by atoms with van der Waals surface area (Å²) in [6.45, 7) is 2.63. The number of hydrogen-bond acceptors (Lipinski definition) is 5. The van der Waals surface area contributed by atoms with Gasteiger partial charge < -0.3 is 15.8 Å². The number of amides is 1. The molecule has 0 spiro atoms. The molecule has 0 aliphatic carbocycles. The van der Waals surface area contributed by atoms with Crippen LogP contribution in [0.5, 0.6) is 0 Å². The Bertz CT molecular complexity index is 994. The number of fused-ring (bicyclic) bond motifs is 1. The van der Waals surface area contributed by atoms with E-state index < -0.39 is 6.09 Å². The van der Waals surface area contributed by atoms with Gasteiger partial charge in [0, 0.05) is 22.8 Å². The third-order valence-corrected chi connectivity index (χ3v) is 4.50. The van der Waals surface area contributed by atoms with Crippen LogP contribution in [-0.2, 0) is 17.7 Å². The van der Waals surface area contributed by atoms with E-state index in [4.69, 9.17) is 5.73 Å². The number of benzene rings is 1. The molecule has 0 aliphatic heterocycles. The second kappa shape index (κ2) is 8.01. The van der Waals surface area contributed by atoms with Crippen molar-refractivity contribution < 1.29 is 14.3 Å². The molecule has 1 aromatic carbocycles. The Hall–Kier alpha value is -3.19. The number of pyridine rings is 1. The third kappa shape index (κ3) is 3.68. The highest BCUT2D eigenvalue weighted by molar-refractivity contribution is 6.04. The summed E-state index contributed by atoms with van der Waals surface area (Å²) in [5, 5.41) is 3.60. The van der Waals surface area contributed by atoms with Gasteiger partial charge in [-0.3, -0.25) is 14.3 Å². The number of methoxy groups -OCH3 is 1. The largest absolute Gasteiger partial charge is 0.453 e. The Balaban J connectivity index is 1.99. The second-order valence-corrected chi connectivity index (χ2v) is 6.14. The van der Waals surface area contributed by atoms with Crippen LogP contribution in [0.15, 0.2) is 42.6 Å². The van der Waals surface area contributed by atoms with Crippen LogP contribution < -0.4 is 11.1 Å². The van der Waals surface area contributed by atoms with Gasteiger partial charge in [0.15, 0.2) is 0 Å². The van der Waals surface area contributed by atoms with Crippen LogP contribution in [0.25, 0.3) is 10.9 Å². The zero-order chi connectivity index (χ0) is 19.4. The molecular formula is C20H22N4O3. The monoisotopic (exact) mass is 366 g/mol. The number of carbonyl (C=O) groups is 2. The van der Waals surface area contributed by atoms with E-state index >= 15 is 0 Å². The lowest BCUT2D eigenvalue weighted by Crippen LogP contribution is -2.23. The summed E-state index contributed by atoms with van der Waals surface area (Å²) in [7, 11) is 1.29. The molecule has 2 aromatic heterocycles. The molecule has 0 fully saturated rings. The van der Waals surface area contributed by atoms with Crippen molar-refractivity contribution >= 4 is 22.9 Å². The molecule has 7 heteroatoms. The van der Waals surface area contributed by atoms with Crippen LogP contribution in [0.3, 0.4) is 0 Å². The van der Waals surface area contributed by atoms with Crippen molar-refractivity contribution in [2.45, 2.75) is 19.9 Å². The van der Waals surface area contributed by atoms with Gasteiger partial charge in [-0.2, -0.15) is 0 Å². The maximum Gasteiger partial charge on any atom is 0.407 e. The zero-order valence-electron chi connectivity index (χ0n) is 15.4. The highest BCUT2D eigenvalue weighted by Gasteiger charge is 2.19. The smallest absolute Gasteiger partial charge is 0.407 e. The maximum atomic E-state index is 13.2. The molecule has 0 bridgehead atoms. The predicted octanol–water partition coefficient (Wildman–Crippen LogP) is 2.39. The van der Waals surface area contributed by atoms with Gasteiger partial charge in [-0.25, -0.2) is 4.79 Å². The fourth-order valence-electron chi connectivity index (χ4n) is 3.23. The minimum Gasteiger partial charge on any atom is -0.453 e. The Morgan fingerprint density at radius 3 is 2.78 bits per heavy atom. The molecule has 1 amide bonds. The van der Waals surface area contributed by atoms with Gasteiger partial charge in [0.25, 0.3) is 5.91 Å². The lowest BCUT2D eigenvalue weighted by molar-refractivity contribution is 0.0962. The molecule has 3 aromatic rings. The highest BCUT2D eigenvalue weighted by atomic mass is 16.5. The highest BCUT2D eigenvalue weighted by Crippen LogP contribution is 2.27. The first-order valence-corrected chi connectivity index (χ1v) is 8.67. The molecule has 7 nitrogen and oxygen atoms in total. The predicted molar refractivity (Wildman–Crippen MR) is 103 cm³/mol. The Morgan fingerprint density at radius 2 is 2.04 bits per heavy atom. The summed E-state index contributed by atoms with van der Waals surface area (Å²) in [6, 6.07) is 11.2. The molecular weight excluding hydrogens is 344 g/mol. The average molecular weight is 366 g/mol. The lowest BCUT2D eigenvalue weighted by atomic mass is 10.1. The van der Waals surface area contributed by atoms with E-state index in [0.717, 1.165) is 22.2 Å². The van der Waals surface area contributed by atoms with Crippen LogP contribution in [-0.4, -0.2) is 35.2 Å². The Labute approximate surface area is 157 Å². The first-order valence-electron chi connectivity index (χ1n) is 8.67. The molecule has 0 radical (unpaired) electrons. The van der Waals surface area contributed by atoms with E-state index in [1.807, 2.05) is 31.2 Å². The van der Waals surface area contributed by atoms with Crippen LogP contribution >= 0.6 is 0 Å². The molecule has 3 rings (SSSR count). The second-order valence-electron chi connectivity index (χ2n) is 6.14. The van der Waals surface area contributed by atoms with E-state index in [1.165, 1.54) is 7.11 Å². The minimum atomic E-state index is -0.549. The number of rotatable bonds is 5. The number of para-hydroxylation sites is 1. The van der Waals surface area contributed by atoms with Crippen molar-refractivity contribution in [2.75, 3.05) is 13.7 Å². The third-order valence-electron chi connectivity index (χ3n) is 4.50. The van der Waals surface area contributed by atoms with Gasteiger partial charge >= 0.3 is 6.09 Å². The first-order chi connectivity index (χ1) is 13.1. The van der Waals surface area contributed by atoms with E-state index in [-0.39, 0.29) is 12.5 Å². The fourth-order valence-corrected chi connectivity index (χ4v) is 3.23. The number of alkyl carbamates (subject to hydrolysis) is 1. The van der Waals surface area contributed by atoms with Crippen LogP contribution in [0, 0.1) is 6.92 Å². The van der Waals surface area contributed by atoms with Crippen LogP contribution in [0.1, 0.15) is 27.3 Å². The Morgan fingerprint density at radius 1 is 1.26 bits per heavy atom. The molecule has 140 valence electrons. The van der Waals surface area contributed by atoms with Gasteiger partial charge in [-0.1, -0.05) is 18.2 Å². The van der Waals surface area contributed by atoms with E-state index in [2.05, 4.69) is 15.0 Å². The summed E-state index contributed by atoms with van der Waals surface area (Å²) >= 11 is 0. The quantitative estimate of drug-likeness (QED) is 0.722. The zero-order valence-corrected chi connectivity index (χ0v) is 15.4. The molecule has 2 heterocycles. The van der Waals surface area contributed by atoms with Gasteiger partial charge in [-0.05, 0) is 43.7 Å². The number of ether oxygens (including phenoxy) is 1. The lowest BCUT2D eigenvalue weighted by Gasteiger charge is -2.09. The Kier molecular flexibility index (Phi) is 5.52. The van der Waals surface area contributed by atoms with E-state index in [0.29, 0.717) is 24.2 Å². The normalized spacial score (nSPS) is 10.8. The van der Waals surface area contributed by atoms with Crippen LogP contribution in [0.2, 0.25) is 0 Å². The molecule has 0 unspecified atom stereocenters. The summed E-state index contributed by atoms with van der Waals surface area (Å²) in [5.74, 6) is -0.145. The first kappa shape index (κ1) is 18.6. The summed E-state index contributed by atoms with van der Waals surface area (Å²) in [5.41, 5.74) is 9.65. The molecule has 0 saturated carbocycles. The standard InChI is InChI=1S/C20H22N4O3/c1-13-16(7-9-21)17-5-3-4-6-18(17)24(13)19(25)14-8-10-22-15(11-14)12-23-20(26)27-2/h3-6,8,10-11H,7,9,12,21H2,1-2H3,(H,23,26). The fraction of sp³-hybridized carbons (Fsp3) is 0.250. The number of hydrogen-bond donors (Lipinski definition) is 2. The van der Waals surface area contributed by atoms with Crippen molar-refractivity contribution in [3.05, 3.63) is 65.1 Å². The number of aromatic nitrogens is 2. The van der Waals surface area contributed by atoms with Crippen LogP contribution in [0.4, 0.5) is 4.79 Å². The van der Waals surface area contributed by atoms with E-state index in [1.54, 1.807) is 22.9 Å². The molecule has 27 heavy (non-hydrogen) atoms. The van der Waals surface area contributed by atoms with Crippen molar-refractivity contribution in [1.29, 1.82) is 0 Å². The van der Waals surface area contributed by atoms with Gasteiger partial charge in [0.1, 0.15) is 0 Å². The average Bonchev–Trinajstić information content (AvgIpc) is 2.98. The number of nitrogens with one attached hydrogen (secondary N) is 1. The van der Waals surface area contributed by atoms with Gasteiger partial charge in [0.2, 0.25) is 0 Å².